The fourth-order valence-corrected chi connectivity index (χ4v) is 2.70. The van der Waals surface area contributed by atoms with E-state index in [4.69, 9.17) is 8.74 Å². The van der Waals surface area contributed by atoms with E-state index in [9.17, 15) is 12.6 Å². The van der Waals surface area contributed by atoms with Crippen LogP contribution in [-0.4, -0.2) is 22.9 Å². The van der Waals surface area contributed by atoms with E-state index in [1.54, 1.807) is 6.92 Å². The van der Waals surface area contributed by atoms with Crippen molar-refractivity contribution in [2.45, 2.75) is 25.2 Å². The molecule has 1 aromatic carbocycles. The van der Waals surface area contributed by atoms with Crippen LogP contribution in [0.25, 0.3) is 0 Å². The molecule has 0 saturated carbocycles. The van der Waals surface area contributed by atoms with Crippen molar-refractivity contribution in [3.8, 4) is 5.75 Å². The zero-order chi connectivity index (χ0) is 13.1. The molecular formula is C10H14O5S2. The van der Waals surface area contributed by atoms with Gasteiger partial charge in [0.05, 0.1) is 5.75 Å². The summed E-state index contributed by atoms with van der Waals surface area (Å²) < 4.78 is 47.4. The highest BCUT2D eigenvalue weighted by atomic mass is 32.2. The zero-order valence-corrected chi connectivity index (χ0v) is 11.2. The van der Waals surface area contributed by atoms with Crippen LogP contribution in [0.1, 0.15) is 18.9 Å². The third-order valence-electron chi connectivity index (χ3n) is 2.00. The molecule has 0 bridgehead atoms. The molecule has 0 aliphatic heterocycles. The minimum Gasteiger partial charge on any atom is -0.400 e. The predicted molar refractivity (Wildman–Crippen MR) is 64.9 cm³/mol. The van der Waals surface area contributed by atoms with E-state index in [2.05, 4.69) is 0 Å². The van der Waals surface area contributed by atoms with Gasteiger partial charge in [0.25, 0.3) is 10.1 Å². The molecule has 0 radical (unpaired) electrons. The van der Waals surface area contributed by atoms with Crippen molar-refractivity contribution in [1.29, 1.82) is 0 Å². The molecule has 0 aliphatic rings. The van der Waals surface area contributed by atoms with E-state index in [1.807, 2.05) is 6.92 Å². The molecule has 0 saturated heterocycles. The van der Waals surface area contributed by atoms with E-state index >= 15 is 0 Å². The molecule has 1 rings (SSSR count). The summed E-state index contributed by atoms with van der Waals surface area (Å²) in [5.41, 5.74) is 0.404. The fraction of sp³-hybridized carbons (Fsp3) is 0.400. The first-order valence-electron chi connectivity index (χ1n) is 4.99. The maximum atomic E-state index is 11.3. The average Bonchev–Trinajstić information content (AvgIpc) is 2.19. The maximum absolute atomic E-state index is 11.3. The molecule has 0 amide bonds. The minimum absolute atomic E-state index is 0.162. The largest absolute Gasteiger partial charge is 0.400 e. The molecule has 1 N–H and O–H groups in total. The van der Waals surface area contributed by atoms with Crippen molar-refractivity contribution in [3.63, 3.8) is 0 Å². The van der Waals surface area contributed by atoms with E-state index in [1.165, 1.54) is 12.1 Å². The minimum atomic E-state index is -4.28. The highest BCUT2D eigenvalue weighted by Gasteiger charge is 2.15. The first kappa shape index (κ1) is 14.1. The van der Waals surface area contributed by atoms with Gasteiger partial charge in [0.2, 0.25) is 11.1 Å². The van der Waals surface area contributed by atoms with Crippen molar-refractivity contribution in [2.24, 2.45) is 0 Å². The number of hydrogen-bond acceptors (Lipinski definition) is 4. The van der Waals surface area contributed by atoms with Crippen LogP contribution in [0.5, 0.6) is 5.75 Å². The van der Waals surface area contributed by atoms with Gasteiger partial charge in [-0.05, 0) is 25.0 Å². The first-order valence-corrected chi connectivity index (χ1v) is 7.68. The van der Waals surface area contributed by atoms with E-state index in [0.29, 0.717) is 17.7 Å². The van der Waals surface area contributed by atoms with Gasteiger partial charge < -0.3 is 4.18 Å². The van der Waals surface area contributed by atoms with Gasteiger partial charge in [-0.25, -0.2) is 4.21 Å². The summed E-state index contributed by atoms with van der Waals surface area (Å²) in [6.45, 7) is 3.41. The second-order valence-corrected chi connectivity index (χ2v) is 6.07. The van der Waals surface area contributed by atoms with Crippen LogP contribution in [-0.2, 0) is 21.2 Å². The third-order valence-corrected chi connectivity index (χ3v) is 4.11. The molecule has 0 spiro atoms. The van der Waals surface area contributed by atoms with Gasteiger partial charge in [0.15, 0.2) is 0 Å². The Labute approximate surface area is 103 Å². The Balaban J connectivity index is 3.02. The lowest BCUT2D eigenvalue weighted by Crippen LogP contribution is -2.06. The topological polar surface area (TPSA) is 80.7 Å². The second kappa shape index (κ2) is 5.61. The molecule has 1 atom stereocenters. The lowest BCUT2D eigenvalue weighted by Gasteiger charge is -2.07. The highest BCUT2D eigenvalue weighted by molar-refractivity contribution is 7.86. The zero-order valence-electron chi connectivity index (χ0n) is 9.54. The van der Waals surface area contributed by atoms with Crippen LogP contribution in [0.4, 0.5) is 0 Å². The lowest BCUT2D eigenvalue weighted by molar-refractivity contribution is 0.481. The van der Waals surface area contributed by atoms with Crippen LogP contribution in [0, 0.1) is 6.92 Å². The number of hydrogen-bond donors (Lipinski definition) is 1. The summed E-state index contributed by atoms with van der Waals surface area (Å²) in [5.74, 6) is 0.532. The summed E-state index contributed by atoms with van der Waals surface area (Å²) in [6.07, 6.45) is 0.698. The fourth-order valence-electron chi connectivity index (χ4n) is 1.23. The van der Waals surface area contributed by atoms with Crippen LogP contribution < -0.4 is 4.18 Å². The number of benzene rings is 1. The standard InChI is InChI=1S/C10H14O5S2/c1-3-6-16(11)15-9-5-4-8(2)10(7-9)17(12,13)14/h4-5,7H,3,6H2,1-2H3,(H,12,13,14). The van der Waals surface area contributed by atoms with Crippen molar-refractivity contribution >= 4 is 21.2 Å². The van der Waals surface area contributed by atoms with Crippen molar-refractivity contribution < 1.29 is 21.4 Å². The summed E-state index contributed by atoms with van der Waals surface area (Å²) in [7, 11) is -4.28. The molecule has 5 nitrogen and oxygen atoms in total. The maximum Gasteiger partial charge on any atom is 0.294 e. The predicted octanol–water partition coefficient (Wildman–Crippen LogP) is 1.69. The van der Waals surface area contributed by atoms with Gasteiger partial charge in [0, 0.05) is 6.07 Å². The molecule has 7 heteroatoms. The van der Waals surface area contributed by atoms with Crippen molar-refractivity contribution in [2.75, 3.05) is 5.75 Å². The highest BCUT2D eigenvalue weighted by Crippen LogP contribution is 2.22. The Kier molecular flexibility index (Phi) is 4.67. The van der Waals surface area contributed by atoms with E-state index < -0.39 is 21.2 Å². The van der Waals surface area contributed by atoms with Crippen LogP contribution >= 0.6 is 0 Å². The molecule has 0 aliphatic carbocycles. The molecule has 0 fully saturated rings. The quantitative estimate of drug-likeness (QED) is 0.829. The normalized spacial score (nSPS) is 13.4. The molecule has 0 heterocycles. The van der Waals surface area contributed by atoms with Gasteiger partial charge in [-0.15, -0.1) is 0 Å². The van der Waals surface area contributed by atoms with Gasteiger partial charge in [0.1, 0.15) is 10.6 Å². The van der Waals surface area contributed by atoms with Crippen LogP contribution in [0.3, 0.4) is 0 Å². The SMILES string of the molecule is CCCS(=O)Oc1ccc(C)c(S(=O)(=O)O)c1. The second-order valence-electron chi connectivity index (χ2n) is 3.49. The Hall–Kier alpha value is -0.920. The van der Waals surface area contributed by atoms with E-state index in [0.717, 1.165) is 6.07 Å². The Morgan fingerprint density at radius 2 is 2.06 bits per heavy atom. The number of rotatable bonds is 5. The van der Waals surface area contributed by atoms with Crippen molar-refractivity contribution in [1.82, 2.24) is 0 Å². The smallest absolute Gasteiger partial charge is 0.294 e. The number of aryl methyl sites for hydroxylation is 1. The summed E-state index contributed by atoms with van der Waals surface area (Å²) in [4.78, 5) is -0.233. The van der Waals surface area contributed by atoms with Crippen molar-refractivity contribution in [3.05, 3.63) is 23.8 Å². The third kappa shape index (κ3) is 4.10. The molecule has 0 aromatic heterocycles. The molecule has 96 valence electrons. The Morgan fingerprint density at radius 3 is 2.59 bits per heavy atom. The van der Waals surface area contributed by atoms with Gasteiger partial charge in [-0.3, -0.25) is 4.55 Å². The molecule has 1 unspecified atom stereocenters. The summed E-state index contributed by atoms with van der Waals surface area (Å²) in [6, 6.07) is 4.16. The lowest BCUT2D eigenvalue weighted by atomic mass is 10.2. The summed E-state index contributed by atoms with van der Waals surface area (Å²) >= 11 is -1.49. The van der Waals surface area contributed by atoms with Crippen LogP contribution in [0.2, 0.25) is 0 Å². The Bertz CT molecular complexity index is 521. The van der Waals surface area contributed by atoms with Gasteiger partial charge in [-0.1, -0.05) is 13.0 Å². The van der Waals surface area contributed by atoms with Gasteiger partial charge in [-0.2, -0.15) is 8.42 Å². The van der Waals surface area contributed by atoms with Crippen LogP contribution in [0.15, 0.2) is 23.1 Å². The molecule has 1 aromatic rings. The molecular weight excluding hydrogens is 264 g/mol. The van der Waals surface area contributed by atoms with E-state index in [-0.39, 0.29) is 10.6 Å². The Morgan fingerprint density at radius 1 is 1.41 bits per heavy atom. The average molecular weight is 278 g/mol. The first-order chi connectivity index (χ1) is 7.84. The summed E-state index contributed by atoms with van der Waals surface area (Å²) in [5, 5.41) is 0. The monoisotopic (exact) mass is 278 g/mol. The van der Waals surface area contributed by atoms with Gasteiger partial charge >= 0.3 is 0 Å². The molecule has 17 heavy (non-hydrogen) atoms.